The van der Waals surface area contributed by atoms with Crippen LogP contribution in [0.4, 0.5) is 4.39 Å². The van der Waals surface area contributed by atoms with Gasteiger partial charge in [0, 0.05) is 33.3 Å². The maximum absolute atomic E-state index is 13.0. The molecule has 2 rings (SSSR count). The van der Waals surface area contributed by atoms with E-state index in [0.29, 0.717) is 0 Å². The summed E-state index contributed by atoms with van der Waals surface area (Å²) in [6.07, 6.45) is 2.61. The maximum atomic E-state index is 13.0. The predicted octanol–water partition coefficient (Wildman–Crippen LogP) is 3.01. The van der Waals surface area contributed by atoms with Crippen molar-refractivity contribution in [1.29, 1.82) is 0 Å². The molecule has 1 saturated heterocycles. The van der Waals surface area contributed by atoms with Crippen molar-refractivity contribution in [3.05, 3.63) is 35.6 Å². The van der Waals surface area contributed by atoms with Gasteiger partial charge in [-0.15, -0.1) is 0 Å². The molecule has 1 fully saturated rings. The molecule has 0 aromatic heterocycles. The second-order valence-electron chi connectivity index (χ2n) is 6.26. The minimum Gasteiger partial charge on any atom is -0.383 e. The highest BCUT2D eigenvalue weighted by molar-refractivity contribution is 5.15. The molecule has 3 nitrogen and oxygen atoms in total. The number of likely N-dealkylation sites (tertiary alicyclic amines) is 1. The highest BCUT2D eigenvalue weighted by Gasteiger charge is 2.21. The molecule has 1 aromatic carbocycles. The first kappa shape index (κ1) is 17.4. The molecule has 1 aliphatic rings. The van der Waals surface area contributed by atoms with Gasteiger partial charge in [-0.05, 0) is 49.5 Å². The SMILES string of the molecule is CCN1CCC[C@@H](CN(CCOC)Cc2ccc(F)cc2)C1. The topological polar surface area (TPSA) is 15.7 Å². The molecule has 22 heavy (non-hydrogen) atoms. The lowest BCUT2D eigenvalue weighted by atomic mass is 9.97. The Labute approximate surface area is 134 Å². The van der Waals surface area contributed by atoms with E-state index in [4.69, 9.17) is 4.74 Å². The van der Waals surface area contributed by atoms with E-state index in [2.05, 4.69) is 16.7 Å². The van der Waals surface area contributed by atoms with E-state index in [1.165, 1.54) is 31.5 Å². The maximum Gasteiger partial charge on any atom is 0.123 e. The summed E-state index contributed by atoms with van der Waals surface area (Å²) >= 11 is 0. The number of hydrogen-bond acceptors (Lipinski definition) is 3. The second-order valence-corrected chi connectivity index (χ2v) is 6.26. The van der Waals surface area contributed by atoms with Crippen LogP contribution in [0.15, 0.2) is 24.3 Å². The van der Waals surface area contributed by atoms with Crippen molar-refractivity contribution < 1.29 is 9.13 Å². The van der Waals surface area contributed by atoms with E-state index >= 15 is 0 Å². The summed E-state index contributed by atoms with van der Waals surface area (Å²) in [7, 11) is 1.75. The third-order valence-corrected chi connectivity index (χ3v) is 4.50. The fourth-order valence-electron chi connectivity index (χ4n) is 3.26. The van der Waals surface area contributed by atoms with Gasteiger partial charge >= 0.3 is 0 Å². The van der Waals surface area contributed by atoms with E-state index in [0.717, 1.165) is 38.7 Å². The summed E-state index contributed by atoms with van der Waals surface area (Å²) in [5, 5.41) is 0. The van der Waals surface area contributed by atoms with Crippen LogP contribution in [-0.2, 0) is 11.3 Å². The van der Waals surface area contributed by atoms with Gasteiger partial charge in [-0.2, -0.15) is 0 Å². The average molecular weight is 308 g/mol. The minimum atomic E-state index is -0.168. The van der Waals surface area contributed by atoms with E-state index < -0.39 is 0 Å². The van der Waals surface area contributed by atoms with Crippen molar-refractivity contribution >= 4 is 0 Å². The predicted molar refractivity (Wildman–Crippen MR) is 88.4 cm³/mol. The van der Waals surface area contributed by atoms with Gasteiger partial charge in [-0.3, -0.25) is 4.90 Å². The van der Waals surface area contributed by atoms with Crippen molar-refractivity contribution in [1.82, 2.24) is 9.80 Å². The molecule has 4 heteroatoms. The van der Waals surface area contributed by atoms with E-state index in [9.17, 15) is 4.39 Å². The number of rotatable bonds is 8. The van der Waals surface area contributed by atoms with Crippen LogP contribution in [-0.4, -0.2) is 56.2 Å². The van der Waals surface area contributed by atoms with Gasteiger partial charge in [0.1, 0.15) is 5.82 Å². The van der Waals surface area contributed by atoms with Crippen molar-refractivity contribution in [3.8, 4) is 0 Å². The van der Waals surface area contributed by atoms with Gasteiger partial charge in [0.15, 0.2) is 0 Å². The first-order valence-electron chi connectivity index (χ1n) is 8.39. The van der Waals surface area contributed by atoms with E-state index in [-0.39, 0.29) is 5.82 Å². The first-order chi connectivity index (χ1) is 10.7. The lowest BCUT2D eigenvalue weighted by Crippen LogP contribution is -2.41. The van der Waals surface area contributed by atoms with Crippen molar-refractivity contribution in [3.63, 3.8) is 0 Å². The molecule has 0 spiro atoms. The third kappa shape index (κ3) is 5.67. The van der Waals surface area contributed by atoms with Crippen molar-refractivity contribution in [2.45, 2.75) is 26.3 Å². The average Bonchev–Trinajstić information content (AvgIpc) is 2.55. The fraction of sp³-hybridized carbons (Fsp3) is 0.667. The van der Waals surface area contributed by atoms with Gasteiger partial charge in [0.25, 0.3) is 0 Å². The quantitative estimate of drug-likeness (QED) is 0.734. The zero-order chi connectivity index (χ0) is 15.8. The largest absolute Gasteiger partial charge is 0.383 e. The van der Waals surface area contributed by atoms with Crippen LogP contribution in [0.1, 0.15) is 25.3 Å². The molecule has 0 saturated carbocycles. The molecule has 0 radical (unpaired) electrons. The lowest BCUT2D eigenvalue weighted by Gasteiger charge is -2.35. The summed E-state index contributed by atoms with van der Waals surface area (Å²) in [5.41, 5.74) is 1.17. The van der Waals surface area contributed by atoms with Crippen molar-refractivity contribution in [2.24, 2.45) is 5.92 Å². The standard InChI is InChI=1S/C18H29FN2O/c1-3-20-10-4-5-17(14-20)15-21(11-12-22-2)13-16-6-8-18(19)9-7-16/h6-9,17H,3-5,10-15H2,1-2H3/t17-/m1/s1. The number of nitrogens with zero attached hydrogens (tertiary/aromatic N) is 2. The van der Waals surface area contributed by atoms with Crippen LogP contribution in [0, 0.1) is 11.7 Å². The van der Waals surface area contributed by atoms with Crippen molar-refractivity contribution in [2.75, 3.05) is 46.4 Å². The van der Waals surface area contributed by atoms with Gasteiger partial charge in [0.2, 0.25) is 0 Å². The lowest BCUT2D eigenvalue weighted by molar-refractivity contribution is 0.104. The molecule has 0 unspecified atom stereocenters. The molecule has 1 aliphatic heterocycles. The summed E-state index contributed by atoms with van der Waals surface area (Å²) in [6, 6.07) is 6.86. The van der Waals surface area contributed by atoms with Gasteiger partial charge < -0.3 is 9.64 Å². The van der Waals surface area contributed by atoms with Crippen LogP contribution >= 0.6 is 0 Å². The Balaban J connectivity index is 1.91. The summed E-state index contributed by atoms with van der Waals surface area (Å²) in [6.45, 7) is 9.45. The zero-order valence-electron chi connectivity index (χ0n) is 13.9. The summed E-state index contributed by atoms with van der Waals surface area (Å²) in [5.74, 6) is 0.559. The van der Waals surface area contributed by atoms with E-state index in [1.54, 1.807) is 19.2 Å². The Kier molecular flexibility index (Phi) is 7.30. The van der Waals surface area contributed by atoms with E-state index in [1.807, 2.05) is 12.1 Å². The number of methoxy groups -OCH3 is 1. The number of halogens is 1. The Morgan fingerprint density at radius 2 is 2.09 bits per heavy atom. The molecule has 0 amide bonds. The molecule has 0 bridgehead atoms. The molecule has 0 aliphatic carbocycles. The summed E-state index contributed by atoms with van der Waals surface area (Å²) < 4.78 is 18.3. The third-order valence-electron chi connectivity index (χ3n) is 4.50. The smallest absolute Gasteiger partial charge is 0.123 e. The molecule has 0 N–H and O–H groups in total. The highest BCUT2D eigenvalue weighted by Crippen LogP contribution is 2.18. The Morgan fingerprint density at radius 1 is 1.32 bits per heavy atom. The monoisotopic (exact) mass is 308 g/mol. The second kappa shape index (κ2) is 9.23. The van der Waals surface area contributed by atoms with Gasteiger partial charge in [-0.1, -0.05) is 19.1 Å². The number of piperidine rings is 1. The van der Waals surface area contributed by atoms with Crippen LogP contribution in [0.5, 0.6) is 0 Å². The van der Waals surface area contributed by atoms with Crippen LogP contribution < -0.4 is 0 Å². The minimum absolute atomic E-state index is 0.168. The number of benzene rings is 1. The summed E-state index contributed by atoms with van der Waals surface area (Å²) in [4.78, 5) is 4.99. The molecular weight excluding hydrogens is 279 g/mol. The van der Waals surface area contributed by atoms with Crippen LogP contribution in [0.3, 0.4) is 0 Å². The molecule has 1 aromatic rings. The molecule has 1 heterocycles. The van der Waals surface area contributed by atoms with Crippen LogP contribution in [0.25, 0.3) is 0 Å². The fourth-order valence-corrected chi connectivity index (χ4v) is 3.26. The Bertz CT molecular complexity index is 424. The van der Waals surface area contributed by atoms with Gasteiger partial charge in [-0.25, -0.2) is 4.39 Å². The Morgan fingerprint density at radius 3 is 2.77 bits per heavy atom. The van der Waals surface area contributed by atoms with Crippen LogP contribution in [0.2, 0.25) is 0 Å². The molecule has 1 atom stereocenters. The normalized spacial score (nSPS) is 19.7. The zero-order valence-corrected chi connectivity index (χ0v) is 13.9. The Hall–Kier alpha value is -0.970. The number of ether oxygens (including phenoxy) is 1. The molecule has 124 valence electrons. The van der Waals surface area contributed by atoms with Gasteiger partial charge in [0.05, 0.1) is 6.61 Å². The first-order valence-corrected chi connectivity index (χ1v) is 8.39. The molecular formula is C18H29FN2O. The highest BCUT2D eigenvalue weighted by atomic mass is 19.1. The number of hydrogen-bond donors (Lipinski definition) is 0.